The van der Waals surface area contributed by atoms with Gasteiger partial charge in [-0.25, -0.2) is 9.59 Å². The van der Waals surface area contributed by atoms with Crippen LogP contribution in [0.1, 0.15) is 78.6 Å². The topological polar surface area (TPSA) is 116 Å². The van der Waals surface area contributed by atoms with Crippen LogP contribution in [0.25, 0.3) is 0 Å². The van der Waals surface area contributed by atoms with E-state index in [-0.39, 0.29) is 25.6 Å². The Kier molecular flexibility index (Phi) is 14.3. The molecule has 0 aliphatic carbocycles. The van der Waals surface area contributed by atoms with Gasteiger partial charge >= 0.3 is 23.9 Å². The highest BCUT2D eigenvalue weighted by atomic mass is 16.6. The third-order valence-corrected chi connectivity index (χ3v) is 3.97. The SMILES string of the molecule is CCOC(=O)/C=C/C(=O)OCCCCCC(=O)OC(C)(C)CCCCCC(=O)O. The average Bonchev–Trinajstić information content (AvgIpc) is 2.62. The van der Waals surface area contributed by atoms with Gasteiger partial charge in [0, 0.05) is 25.0 Å². The Bertz CT molecular complexity index is 551. The van der Waals surface area contributed by atoms with Crippen molar-refractivity contribution in [3.63, 3.8) is 0 Å². The minimum atomic E-state index is -0.793. The molecule has 0 aromatic carbocycles. The standard InChI is InChI=1S/C21H34O8/c1-4-27-18(24)13-14-19(25)28-16-10-6-8-12-20(26)29-21(2,3)15-9-5-7-11-17(22)23/h13-14H,4-12,15-16H2,1-3H3,(H,22,23)/b14-13+. The molecule has 29 heavy (non-hydrogen) atoms. The minimum Gasteiger partial charge on any atom is -0.481 e. The van der Waals surface area contributed by atoms with Crippen molar-refractivity contribution in [3.8, 4) is 0 Å². The number of carboxylic acids is 1. The summed E-state index contributed by atoms with van der Waals surface area (Å²) in [4.78, 5) is 44.9. The van der Waals surface area contributed by atoms with Gasteiger partial charge in [0.25, 0.3) is 0 Å². The molecule has 0 aliphatic rings. The Morgan fingerprint density at radius 3 is 2.03 bits per heavy atom. The van der Waals surface area contributed by atoms with E-state index < -0.39 is 23.5 Å². The van der Waals surface area contributed by atoms with E-state index in [4.69, 9.17) is 14.6 Å². The van der Waals surface area contributed by atoms with Crippen molar-refractivity contribution in [2.75, 3.05) is 13.2 Å². The third kappa shape index (κ3) is 17.5. The number of carbonyl (C=O) groups excluding carboxylic acids is 3. The highest BCUT2D eigenvalue weighted by Gasteiger charge is 2.22. The molecule has 0 heterocycles. The molecule has 0 amide bonds. The van der Waals surface area contributed by atoms with Crippen LogP contribution in [0.4, 0.5) is 0 Å². The van der Waals surface area contributed by atoms with Crippen molar-refractivity contribution in [2.45, 2.75) is 84.2 Å². The predicted molar refractivity (Wildman–Crippen MR) is 106 cm³/mol. The number of hydrogen-bond acceptors (Lipinski definition) is 7. The zero-order valence-corrected chi connectivity index (χ0v) is 17.7. The van der Waals surface area contributed by atoms with E-state index in [9.17, 15) is 19.2 Å². The third-order valence-electron chi connectivity index (χ3n) is 3.97. The predicted octanol–water partition coefficient (Wildman–Crippen LogP) is 3.57. The zero-order valence-electron chi connectivity index (χ0n) is 17.7. The number of esters is 3. The van der Waals surface area contributed by atoms with E-state index in [1.807, 2.05) is 13.8 Å². The monoisotopic (exact) mass is 414 g/mol. The van der Waals surface area contributed by atoms with Crippen LogP contribution in [0, 0.1) is 0 Å². The normalized spacial score (nSPS) is 11.3. The summed E-state index contributed by atoms with van der Waals surface area (Å²) in [5.74, 6) is -2.26. The second kappa shape index (κ2) is 15.5. The molecule has 0 saturated carbocycles. The fourth-order valence-electron chi connectivity index (χ4n) is 2.51. The van der Waals surface area contributed by atoms with Gasteiger partial charge in [-0.15, -0.1) is 0 Å². The van der Waals surface area contributed by atoms with Crippen LogP contribution in [-0.2, 0) is 33.4 Å². The fourth-order valence-corrected chi connectivity index (χ4v) is 2.51. The van der Waals surface area contributed by atoms with Gasteiger partial charge in [-0.3, -0.25) is 9.59 Å². The van der Waals surface area contributed by atoms with Crippen LogP contribution in [-0.4, -0.2) is 47.8 Å². The number of carboxylic acid groups (broad SMARTS) is 1. The van der Waals surface area contributed by atoms with E-state index in [1.54, 1.807) is 6.92 Å². The van der Waals surface area contributed by atoms with Gasteiger partial charge in [-0.2, -0.15) is 0 Å². The summed E-state index contributed by atoms with van der Waals surface area (Å²) in [7, 11) is 0. The molecular formula is C21H34O8. The number of carbonyl (C=O) groups is 4. The highest BCUT2D eigenvalue weighted by Crippen LogP contribution is 2.20. The van der Waals surface area contributed by atoms with E-state index in [1.165, 1.54) is 0 Å². The second-order valence-corrected chi connectivity index (χ2v) is 7.25. The number of ether oxygens (including phenoxy) is 3. The Labute approximate surface area is 172 Å². The average molecular weight is 414 g/mol. The molecule has 8 nitrogen and oxygen atoms in total. The van der Waals surface area contributed by atoms with E-state index in [0.29, 0.717) is 38.5 Å². The molecule has 0 fully saturated rings. The summed E-state index contributed by atoms with van der Waals surface area (Å²) in [6.07, 6.45) is 7.37. The maximum Gasteiger partial charge on any atom is 0.331 e. The first-order valence-electron chi connectivity index (χ1n) is 10.1. The minimum absolute atomic E-state index is 0.164. The molecule has 0 spiro atoms. The lowest BCUT2D eigenvalue weighted by molar-refractivity contribution is -0.157. The second-order valence-electron chi connectivity index (χ2n) is 7.25. The lowest BCUT2D eigenvalue weighted by Gasteiger charge is -2.25. The van der Waals surface area contributed by atoms with E-state index >= 15 is 0 Å². The van der Waals surface area contributed by atoms with Gasteiger partial charge in [0.1, 0.15) is 5.60 Å². The van der Waals surface area contributed by atoms with Crippen molar-refractivity contribution in [3.05, 3.63) is 12.2 Å². The highest BCUT2D eigenvalue weighted by molar-refractivity contribution is 5.91. The summed E-state index contributed by atoms with van der Waals surface area (Å²) in [5, 5.41) is 8.60. The Morgan fingerprint density at radius 2 is 1.41 bits per heavy atom. The summed E-state index contributed by atoms with van der Waals surface area (Å²) in [6.45, 7) is 5.83. The Hall–Kier alpha value is -2.38. The van der Waals surface area contributed by atoms with Crippen LogP contribution >= 0.6 is 0 Å². The molecule has 0 unspecified atom stereocenters. The number of rotatable bonds is 16. The molecular weight excluding hydrogens is 380 g/mol. The zero-order chi connectivity index (χ0) is 22.1. The fraction of sp³-hybridized carbons (Fsp3) is 0.714. The van der Waals surface area contributed by atoms with Gasteiger partial charge in [-0.1, -0.05) is 6.42 Å². The molecule has 1 N–H and O–H groups in total. The number of aliphatic carboxylic acids is 1. The first-order valence-corrected chi connectivity index (χ1v) is 10.1. The van der Waals surface area contributed by atoms with Crippen molar-refractivity contribution >= 4 is 23.9 Å². The van der Waals surface area contributed by atoms with Crippen molar-refractivity contribution < 1.29 is 38.5 Å². The number of hydrogen-bond donors (Lipinski definition) is 1. The number of unbranched alkanes of at least 4 members (excludes halogenated alkanes) is 4. The molecule has 0 bridgehead atoms. The molecule has 0 aliphatic heterocycles. The summed E-state index contributed by atoms with van der Waals surface area (Å²) in [5.41, 5.74) is -0.568. The van der Waals surface area contributed by atoms with Crippen molar-refractivity contribution in [1.82, 2.24) is 0 Å². The van der Waals surface area contributed by atoms with E-state index in [2.05, 4.69) is 4.74 Å². The largest absolute Gasteiger partial charge is 0.481 e. The molecule has 0 rings (SSSR count). The molecule has 0 atom stereocenters. The lowest BCUT2D eigenvalue weighted by Crippen LogP contribution is -2.28. The van der Waals surface area contributed by atoms with Gasteiger partial charge in [0.2, 0.25) is 0 Å². The molecule has 0 aromatic rings. The van der Waals surface area contributed by atoms with Gasteiger partial charge in [-0.05, 0) is 59.3 Å². The molecule has 0 radical (unpaired) electrons. The van der Waals surface area contributed by atoms with Crippen molar-refractivity contribution in [2.24, 2.45) is 0 Å². The smallest absolute Gasteiger partial charge is 0.331 e. The van der Waals surface area contributed by atoms with Gasteiger partial charge < -0.3 is 19.3 Å². The first kappa shape index (κ1) is 26.6. The van der Waals surface area contributed by atoms with Crippen molar-refractivity contribution in [1.29, 1.82) is 0 Å². The maximum atomic E-state index is 11.9. The molecule has 0 saturated heterocycles. The van der Waals surface area contributed by atoms with E-state index in [0.717, 1.165) is 25.0 Å². The summed E-state index contributed by atoms with van der Waals surface area (Å²) >= 11 is 0. The Balaban J connectivity index is 3.78. The van der Waals surface area contributed by atoms with Crippen LogP contribution in [0.3, 0.4) is 0 Å². The van der Waals surface area contributed by atoms with Gasteiger partial charge in [0.15, 0.2) is 0 Å². The molecule has 8 heteroatoms. The lowest BCUT2D eigenvalue weighted by atomic mass is 9.99. The maximum absolute atomic E-state index is 11.9. The quantitative estimate of drug-likeness (QED) is 0.176. The van der Waals surface area contributed by atoms with Gasteiger partial charge in [0.05, 0.1) is 13.2 Å². The van der Waals surface area contributed by atoms with Crippen LogP contribution in [0.5, 0.6) is 0 Å². The summed E-state index contributed by atoms with van der Waals surface area (Å²) in [6, 6.07) is 0. The van der Waals surface area contributed by atoms with Crippen LogP contribution in [0.15, 0.2) is 12.2 Å². The van der Waals surface area contributed by atoms with Crippen LogP contribution in [0.2, 0.25) is 0 Å². The van der Waals surface area contributed by atoms with Crippen LogP contribution < -0.4 is 0 Å². The Morgan fingerprint density at radius 1 is 0.828 bits per heavy atom. The molecule has 166 valence electrons. The summed E-state index contributed by atoms with van der Waals surface area (Å²) < 4.78 is 15.1. The first-order chi connectivity index (χ1) is 13.7. The molecule has 0 aromatic heterocycles.